The van der Waals surface area contributed by atoms with Crippen LogP contribution in [0, 0.1) is 0 Å². The third-order valence-corrected chi connectivity index (χ3v) is 3.26. The first-order valence-electron chi connectivity index (χ1n) is 7.63. The lowest BCUT2D eigenvalue weighted by Crippen LogP contribution is -2.11. The molecule has 0 atom stereocenters. The van der Waals surface area contributed by atoms with Crippen LogP contribution < -0.4 is 10.6 Å². The van der Waals surface area contributed by atoms with E-state index < -0.39 is 0 Å². The van der Waals surface area contributed by atoms with Gasteiger partial charge in [-0.25, -0.2) is 4.98 Å². The molecule has 3 N–H and O–H groups in total. The molecule has 3 aromatic heterocycles. The molecule has 0 radical (unpaired) electrons. The molecule has 0 aromatic carbocycles. The number of anilines is 2. The van der Waals surface area contributed by atoms with Crippen LogP contribution in [-0.2, 0) is 6.54 Å². The number of aromatic nitrogens is 4. The van der Waals surface area contributed by atoms with Crippen LogP contribution in [0.5, 0.6) is 0 Å². The van der Waals surface area contributed by atoms with Crippen molar-refractivity contribution in [2.24, 2.45) is 0 Å². The van der Waals surface area contributed by atoms with Crippen LogP contribution in [0.4, 0.5) is 11.8 Å². The number of rotatable bonds is 7. The predicted octanol–water partition coefficient (Wildman–Crippen LogP) is 1.95. The largest absolute Gasteiger partial charge is 0.395 e. The first-order valence-corrected chi connectivity index (χ1v) is 7.63. The summed E-state index contributed by atoms with van der Waals surface area (Å²) in [5, 5.41) is 15.2. The molecule has 0 bridgehead atoms. The summed E-state index contributed by atoms with van der Waals surface area (Å²) in [6.45, 7) is 0.955. The monoisotopic (exact) mass is 322 g/mol. The average molecular weight is 322 g/mol. The molecule has 7 heteroatoms. The normalized spacial score (nSPS) is 10.4. The second kappa shape index (κ2) is 7.98. The Labute approximate surface area is 139 Å². The molecule has 3 heterocycles. The zero-order valence-electron chi connectivity index (χ0n) is 13.1. The molecule has 0 saturated heterocycles. The third-order valence-electron chi connectivity index (χ3n) is 3.26. The van der Waals surface area contributed by atoms with Crippen LogP contribution in [-0.4, -0.2) is 38.2 Å². The maximum atomic E-state index is 8.98. The van der Waals surface area contributed by atoms with Crippen LogP contribution in [0.15, 0.2) is 55.0 Å². The predicted molar refractivity (Wildman–Crippen MR) is 92.4 cm³/mol. The fourth-order valence-corrected chi connectivity index (χ4v) is 2.13. The summed E-state index contributed by atoms with van der Waals surface area (Å²) < 4.78 is 0. The van der Waals surface area contributed by atoms with Crippen molar-refractivity contribution < 1.29 is 5.11 Å². The van der Waals surface area contributed by atoms with Gasteiger partial charge in [-0.3, -0.25) is 9.97 Å². The zero-order chi connectivity index (χ0) is 16.6. The molecule has 122 valence electrons. The number of nitrogens with one attached hydrogen (secondary N) is 2. The summed E-state index contributed by atoms with van der Waals surface area (Å²) in [7, 11) is 0. The molecule has 7 nitrogen and oxygen atoms in total. The van der Waals surface area contributed by atoms with Crippen LogP contribution in [0.1, 0.15) is 5.69 Å². The summed E-state index contributed by atoms with van der Waals surface area (Å²) in [6.07, 6.45) is 5.23. The second-order valence-corrected chi connectivity index (χ2v) is 5.03. The van der Waals surface area contributed by atoms with Crippen LogP contribution in [0.2, 0.25) is 0 Å². The molecule has 0 saturated carbocycles. The van der Waals surface area contributed by atoms with Gasteiger partial charge in [-0.05, 0) is 24.3 Å². The van der Waals surface area contributed by atoms with Gasteiger partial charge in [-0.1, -0.05) is 6.07 Å². The Balaban J connectivity index is 1.84. The highest BCUT2D eigenvalue weighted by atomic mass is 16.3. The van der Waals surface area contributed by atoms with Gasteiger partial charge in [0, 0.05) is 36.8 Å². The van der Waals surface area contributed by atoms with Gasteiger partial charge in [-0.2, -0.15) is 4.98 Å². The van der Waals surface area contributed by atoms with E-state index in [0.29, 0.717) is 24.9 Å². The Morgan fingerprint density at radius 1 is 1.00 bits per heavy atom. The summed E-state index contributed by atoms with van der Waals surface area (Å²) in [5.74, 6) is 1.13. The van der Waals surface area contributed by atoms with Gasteiger partial charge in [0.25, 0.3) is 0 Å². The van der Waals surface area contributed by atoms with E-state index in [1.165, 1.54) is 0 Å². The lowest BCUT2D eigenvalue weighted by Gasteiger charge is -2.10. The Morgan fingerprint density at radius 2 is 1.96 bits per heavy atom. The Kier molecular flexibility index (Phi) is 5.26. The first-order chi connectivity index (χ1) is 11.8. The van der Waals surface area contributed by atoms with E-state index in [9.17, 15) is 0 Å². The number of aliphatic hydroxyl groups excluding tert-OH is 1. The Bertz CT molecular complexity index is 767. The third kappa shape index (κ3) is 4.23. The summed E-state index contributed by atoms with van der Waals surface area (Å²) in [6, 6.07) is 11.4. The van der Waals surface area contributed by atoms with Gasteiger partial charge >= 0.3 is 0 Å². The summed E-state index contributed by atoms with van der Waals surface area (Å²) in [4.78, 5) is 17.3. The Morgan fingerprint density at radius 3 is 2.71 bits per heavy atom. The zero-order valence-corrected chi connectivity index (χ0v) is 13.1. The lowest BCUT2D eigenvalue weighted by atomic mass is 10.2. The number of nitrogens with zero attached hydrogens (tertiary/aromatic N) is 4. The SMILES string of the molecule is OCCNc1nc(NCc2ccccn2)cc(-c2cccnc2)n1. The van der Waals surface area contributed by atoms with Crippen molar-refractivity contribution in [2.75, 3.05) is 23.8 Å². The van der Waals surface area contributed by atoms with Gasteiger partial charge in [0.05, 0.1) is 24.5 Å². The minimum atomic E-state index is 0.0111. The van der Waals surface area contributed by atoms with Crippen LogP contribution in [0.25, 0.3) is 11.3 Å². The highest BCUT2D eigenvalue weighted by Crippen LogP contribution is 2.20. The van der Waals surface area contributed by atoms with E-state index >= 15 is 0 Å². The quantitative estimate of drug-likeness (QED) is 0.612. The smallest absolute Gasteiger partial charge is 0.225 e. The highest BCUT2D eigenvalue weighted by molar-refractivity contribution is 5.63. The van der Waals surface area contributed by atoms with E-state index in [1.807, 2.05) is 36.4 Å². The molecule has 0 aliphatic carbocycles. The van der Waals surface area contributed by atoms with Gasteiger partial charge < -0.3 is 15.7 Å². The maximum absolute atomic E-state index is 8.98. The lowest BCUT2D eigenvalue weighted by molar-refractivity contribution is 0.311. The summed E-state index contributed by atoms with van der Waals surface area (Å²) in [5.41, 5.74) is 2.57. The first kappa shape index (κ1) is 15.8. The van der Waals surface area contributed by atoms with Crippen molar-refractivity contribution in [3.05, 3.63) is 60.7 Å². The topological polar surface area (TPSA) is 95.8 Å². The number of hydrogen-bond acceptors (Lipinski definition) is 7. The van der Waals surface area contributed by atoms with E-state index in [0.717, 1.165) is 17.0 Å². The average Bonchev–Trinajstić information content (AvgIpc) is 2.66. The molecule has 3 aromatic rings. The summed E-state index contributed by atoms with van der Waals surface area (Å²) >= 11 is 0. The Hall–Kier alpha value is -3.06. The minimum absolute atomic E-state index is 0.0111. The van der Waals surface area contributed by atoms with E-state index in [-0.39, 0.29) is 6.61 Å². The molecule has 0 unspecified atom stereocenters. The highest BCUT2D eigenvalue weighted by Gasteiger charge is 2.07. The molecule has 0 spiro atoms. The fraction of sp³-hybridized carbons (Fsp3) is 0.176. The van der Waals surface area contributed by atoms with Gasteiger partial charge in [-0.15, -0.1) is 0 Å². The van der Waals surface area contributed by atoms with Crippen molar-refractivity contribution in [3.63, 3.8) is 0 Å². The van der Waals surface area contributed by atoms with Gasteiger partial charge in [0.15, 0.2) is 0 Å². The molecule has 24 heavy (non-hydrogen) atoms. The molecular weight excluding hydrogens is 304 g/mol. The van der Waals surface area contributed by atoms with Gasteiger partial charge in [0.2, 0.25) is 5.95 Å². The molecule has 0 aliphatic heterocycles. The molecule has 0 amide bonds. The van der Waals surface area contributed by atoms with Crippen molar-refractivity contribution in [1.29, 1.82) is 0 Å². The number of aliphatic hydroxyl groups is 1. The van der Waals surface area contributed by atoms with Crippen molar-refractivity contribution in [2.45, 2.75) is 6.54 Å². The molecule has 0 fully saturated rings. The molecule has 3 rings (SSSR count). The minimum Gasteiger partial charge on any atom is -0.395 e. The van der Waals surface area contributed by atoms with E-state index in [2.05, 4.69) is 30.6 Å². The number of pyridine rings is 2. The van der Waals surface area contributed by atoms with Crippen molar-refractivity contribution in [1.82, 2.24) is 19.9 Å². The van der Waals surface area contributed by atoms with Crippen LogP contribution in [0.3, 0.4) is 0 Å². The van der Waals surface area contributed by atoms with Crippen LogP contribution >= 0.6 is 0 Å². The van der Waals surface area contributed by atoms with E-state index in [1.54, 1.807) is 18.6 Å². The van der Waals surface area contributed by atoms with E-state index in [4.69, 9.17) is 5.11 Å². The standard InChI is InChI=1S/C17H18N6O/c24-9-8-20-17-22-15(13-4-3-6-18-11-13)10-16(23-17)21-12-14-5-1-2-7-19-14/h1-7,10-11,24H,8-9,12H2,(H2,20,21,22,23). The number of hydrogen-bond donors (Lipinski definition) is 3. The molecule has 0 aliphatic rings. The maximum Gasteiger partial charge on any atom is 0.225 e. The van der Waals surface area contributed by atoms with Crippen molar-refractivity contribution >= 4 is 11.8 Å². The van der Waals surface area contributed by atoms with Gasteiger partial charge in [0.1, 0.15) is 5.82 Å². The fourth-order valence-electron chi connectivity index (χ4n) is 2.13. The molecular formula is C17H18N6O. The second-order valence-electron chi connectivity index (χ2n) is 5.03. The van der Waals surface area contributed by atoms with Crippen molar-refractivity contribution in [3.8, 4) is 11.3 Å².